The van der Waals surface area contributed by atoms with Gasteiger partial charge in [0.15, 0.2) is 6.04 Å². The Hall–Kier alpha value is -2.83. The van der Waals surface area contributed by atoms with Crippen LogP contribution in [0.1, 0.15) is 19.4 Å². The Morgan fingerprint density at radius 1 is 1.17 bits per heavy atom. The minimum atomic E-state index is -0.772. The Labute approximate surface area is 139 Å². The van der Waals surface area contributed by atoms with Gasteiger partial charge in [-0.2, -0.15) is 5.10 Å². The molecule has 0 N–H and O–H groups in total. The molecule has 24 heavy (non-hydrogen) atoms. The number of carbonyl (C=O) groups excluding carboxylic acids is 1. The van der Waals surface area contributed by atoms with Crippen molar-refractivity contribution in [3.63, 3.8) is 0 Å². The highest BCUT2D eigenvalue weighted by molar-refractivity contribution is 5.74. The standard InChI is InChI=1S/C17H20N2O5/c1-5-14(17(21)24-4)19-16(20)9-8-13(18-19)12-7-6-11(22-2)10-15(12)23-3/h6-10,14H,5H2,1-4H3/t14-/m0/s1. The number of aromatic nitrogens is 2. The Morgan fingerprint density at radius 3 is 2.50 bits per heavy atom. The molecule has 0 aliphatic rings. The van der Waals surface area contributed by atoms with E-state index in [1.54, 1.807) is 38.3 Å². The molecule has 0 saturated carbocycles. The molecule has 0 unspecified atom stereocenters. The number of carbonyl (C=O) groups is 1. The van der Waals surface area contributed by atoms with Gasteiger partial charge in [-0.3, -0.25) is 4.79 Å². The summed E-state index contributed by atoms with van der Waals surface area (Å²) in [5.74, 6) is 0.689. The van der Waals surface area contributed by atoms with Crippen molar-refractivity contribution >= 4 is 5.97 Å². The second-order valence-corrected chi connectivity index (χ2v) is 5.01. The van der Waals surface area contributed by atoms with Crippen molar-refractivity contribution in [2.75, 3.05) is 21.3 Å². The van der Waals surface area contributed by atoms with E-state index < -0.39 is 12.0 Å². The number of hydrogen-bond donors (Lipinski definition) is 0. The lowest BCUT2D eigenvalue weighted by Gasteiger charge is -2.16. The van der Waals surface area contributed by atoms with E-state index in [1.165, 1.54) is 20.3 Å². The largest absolute Gasteiger partial charge is 0.497 e. The van der Waals surface area contributed by atoms with Crippen molar-refractivity contribution in [3.8, 4) is 22.8 Å². The number of hydrogen-bond acceptors (Lipinski definition) is 6. The van der Waals surface area contributed by atoms with E-state index >= 15 is 0 Å². The average molecular weight is 332 g/mol. The van der Waals surface area contributed by atoms with Crippen molar-refractivity contribution in [3.05, 3.63) is 40.7 Å². The topological polar surface area (TPSA) is 79.7 Å². The maximum atomic E-state index is 12.1. The summed E-state index contributed by atoms with van der Waals surface area (Å²) in [6.07, 6.45) is 0.392. The van der Waals surface area contributed by atoms with Gasteiger partial charge in [-0.15, -0.1) is 0 Å². The van der Waals surface area contributed by atoms with Crippen molar-refractivity contribution in [1.82, 2.24) is 9.78 Å². The van der Waals surface area contributed by atoms with Crippen LogP contribution in [-0.2, 0) is 9.53 Å². The molecule has 1 heterocycles. The molecule has 7 heteroatoms. The van der Waals surface area contributed by atoms with Crippen molar-refractivity contribution in [2.24, 2.45) is 0 Å². The summed E-state index contributed by atoms with van der Waals surface area (Å²) in [6, 6.07) is 7.47. The average Bonchev–Trinajstić information content (AvgIpc) is 2.63. The zero-order chi connectivity index (χ0) is 17.7. The third kappa shape index (κ3) is 3.40. The van der Waals surface area contributed by atoms with Crippen molar-refractivity contribution < 1.29 is 19.0 Å². The fraction of sp³-hybridized carbons (Fsp3) is 0.353. The fourth-order valence-corrected chi connectivity index (χ4v) is 2.38. The Morgan fingerprint density at radius 2 is 1.92 bits per heavy atom. The maximum Gasteiger partial charge on any atom is 0.330 e. The molecule has 0 radical (unpaired) electrons. The van der Waals surface area contributed by atoms with Crippen LogP contribution >= 0.6 is 0 Å². The summed E-state index contributed by atoms with van der Waals surface area (Å²) in [5.41, 5.74) is 0.826. The molecular formula is C17H20N2O5. The highest BCUT2D eigenvalue weighted by atomic mass is 16.5. The van der Waals surface area contributed by atoms with Crippen LogP contribution in [0.5, 0.6) is 11.5 Å². The molecule has 0 bridgehead atoms. The number of rotatable bonds is 6. The van der Waals surface area contributed by atoms with Gasteiger partial charge in [0.25, 0.3) is 5.56 Å². The second-order valence-electron chi connectivity index (χ2n) is 5.01. The van der Waals surface area contributed by atoms with Crippen LogP contribution < -0.4 is 15.0 Å². The van der Waals surface area contributed by atoms with Gasteiger partial charge in [-0.05, 0) is 24.6 Å². The molecule has 128 valence electrons. The predicted molar refractivity (Wildman–Crippen MR) is 88.4 cm³/mol. The van der Waals surface area contributed by atoms with Gasteiger partial charge in [0.2, 0.25) is 0 Å². The van der Waals surface area contributed by atoms with E-state index in [-0.39, 0.29) is 5.56 Å². The van der Waals surface area contributed by atoms with Gasteiger partial charge in [0.1, 0.15) is 11.5 Å². The Kier molecular flexibility index (Phi) is 5.57. The van der Waals surface area contributed by atoms with Gasteiger partial charge < -0.3 is 14.2 Å². The highest BCUT2D eigenvalue weighted by Gasteiger charge is 2.22. The Bertz CT molecular complexity index is 785. The first-order valence-corrected chi connectivity index (χ1v) is 7.45. The number of ether oxygens (including phenoxy) is 3. The van der Waals surface area contributed by atoms with Gasteiger partial charge in [-0.25, -0.2) is 9.48 Å². The summed E-state index contributed by atoms with van der Waals surface area (Å²) in [7, 11) is 4.39. The summed E-state index contributed by atoms with van der Waals surface area (Å²) >= 11 is 0. The smallest absolute Gasteiger partial charge is 0.330 e. The minimum Gasteiger partial charge on any atom is -0.497 e. The first-order valence-electron chi connectivity index (χ1n) is 7.45. The summed E-state index contributed by atoms with van der Waals surface area (Å²) in [4.78, 5) is 24.0. The van der Waals surface area contributed by atoms with Crippen LogP contribution in [0.15, 0.2) is 35.1 Å². The van der Waals surface area contributed by atoms with Crippen LogP contribution in [0.25, 0.3) is 11.3 Å². The first kappa shape index (κ1) is 17.5. The third-order valence-corrected chi connectivity index (χ3v) is 3.66. The normalized spacial score (nSPS) is 11.7. The van der Waals surface area contributed by atoms with Gasteiger partial charge in [-0.1, -0.05) is 6.92 Å². The Balaban J connectivity index is 2.56. The van der Waals surface area contributed by atoms with E-state index in [2.05, 4.69) is 5.10 Å². The zero-order valence-corrected chi connectivity index (χ0v) is 14.1. The molecule has 0 spiro atoms. The second kappa shape index (κ2) is 7.63. The molecule has 0 fully saturated rings. The molecule has 0 amide bonds. The monoisotopic (exact) mass is 332 g/mol. The van der Waals surface area contributed by atoms with E-state index in [0.29, 0.717) is 29.2 Å². The van der Waals surface area contributed by atoms with E-state index in [0.717, 1.165) is 4.68 Å². The van der Waals surface area contributed by atoms with Crippen LogP contribution in [0.4, 0.5) is 0 Å². The molecule has 1 aromatic heterocycles. The lowest BCUT2D eigenvalue weighted by Crippen LogP contribution is -2.32. The lowest BCUT2D eigenvalue weighted by molar-refractivity contribution is -0.145. The minimum absolute atomic E-state index is 0.372. The number of esters is 1. The van der Waals surface area contributed by atoms with Crippen LogP contribution in [0, 0.1) is 0 Å². The summed E-state index contributed by atoms with van der Waals surface area (Å²) in [6.45, 7) is 1.79. The van der Waals surface area contributed by atoms with Crippen molar-refractivity contribution in [1.29, 1.82) is 0 Å². The molecular weight excluding hydrogens is 312 g/mol. The van der Waals surface area contributed by atoms with Crippen LogP contribution in [0.2, 0.25) is 0 Å². The molecule has 2 rings (SSSR count). The third-order valence-electron chi connectivity index (χ3n) is 3.66. The number of benzene rings is 1. The molecule has 2 aromatic rings. The number of methoxy groups -OCH3 is 3. The van der Waals surface area contributed by atoms with Gasteiger partial charge in [0.05, 0.1) is 27.0 Å². The van der Waals surface area contributed by atoms with E-state index in [1.807, 2.05) is 0 Å². The molecule has 0 saturated heterocycles. The molecule has 7 nitrogen and oxygen atoms in total. The van der Waals surface area contributed by atoms with E-state index in [4.69, 9.17) is 14.2 Å². The first-order chi connectivity index (χ1) is 11.5. The molecule has 1 atom stereocenters. The van der Waals surface area contributed by atoms with Crippen LogP contribution in [-0.4, -0.2) is 37.1 Å². The number of nitrogens with zero attached hydrogens (tertiary/aromatic N) is 2. The van der Waals surface area contributed by atoms with Crippen LogP contribution in [0.3, 0.4) is 0 Å². The van der Waals surface area contributed by atoms with Crippen molar-refractivity contribution in [2.45, 2.75) is 19.4 Å². The zero-order valence-electron chi connectivity index (χ0n) is 14.1. The molecule has 1 aromatic carbocycles. The SMILES string of the molecule is CC[C@@H](C(=O)OC)n1nc(-c2ccc(OC)cc2OC)ccc1=O. The highest BCUT2D eigenvalue weighted by Crippen LogP contribution is 2.31. The summed E-state index contributed by atoms with van der Waals surface area (Å²) in [5, 5.41) is 4.33. The molecule has 0 aliphatic heterocycles. The lowest BCUT2D eigenvalue weighted by atomic mass is 10.1. The molecule has 0 aliphatic carbocycles. The predicted octanol–water partition coefficient (Wildman–Crippen LogP) is 2.05. The fourth-order valence-electron chi connectivity index (χ4n) is 2.38. The maximum absolute atomic E-state index is 12.1. The van der Waals surface area contributed by atoms with Gasteiger partial charge >= 0.3 is 5.97 Å². The van der Waals surface area contributed by atoms with E-state index in [9.17, 15) is 9.59 Å². The quantitative estimate of drug-likeness (QED) is 0.753. The van der Waals surface area contributed by atoms with Gasteiger partial charge in [0, 0.05) is 17.7 Å². The summed E-state index contributed by atoms with van der Waals surface area (Å²) < 4.78 is 16.4.